The van der Waals surface area contributed by atoms with Gasteiger partial charge in [-0.05, 0) is 18.8 Å². The van der Waals surface area contributed by atoms with Crippen LogP contribution in [0.3, 0.4) is 0 Å². The zero-order valence-corrected chi connectivity index (χ0v) is 12.9. The molecule has 1 saturated carbocycles. The minimum Gasteiger partial charge on any atom is -0.360 e. The van der Waals surface area contributed by atoms with Crippen molar-refractivity contribution in [3.63, 3.8) is 0 Å². The van der Waals surface area contributed by atoms with E-state index in [1.165, 1.54) is 10.6 Å². The lowest BCUT2D eigenvalue weighted by Gasteiger charge is -2.15. The summed E-state index contributed by atoms with van der Waals surface area (Å²) in [5, 5.41) is 6.65. The quantitative estimate of drug-likeness (QED) is 0.877. The SMILES string of the molecule is C[C@H]1CN(S(C)(=O)=O)C[C@H]1NC(=O)c1cc(C2CC2)on1. The highest BCUT2D eigenvalue weighted by atomic mass is 32.2. The number of sulfonamides is 1. The smallest absolute Gasteiger partial charge is 0.273 e. The first-order chi connectivity index (χ1) is 9.84. The molecule has 1 amide bonds. The molecule has 2 atom stereocenters. The number of carbonyl (C=O) groups is 1. The molecule has 1 aromatic heterocycles. The fourth-order valence-corrected chi connectivity index (χ4v) is 3.52. The van der Waals surface area contributed by atoms with Crippen LogP contribution in [-0.4, -0.2) is 49.2 Å². The molecule has 0 aromatic carbocycles. The predicted octanol–water partition coefficient (Wildman–Crippen LogP) is 0.562. The molecule has 7 nitrogen and oxygen atoms in total. The highest BCUT2D eigenvalue weighted by molar-refractivity contribution is 7.88. The molecule has 0 spiro atoms. The van der Waals surface area contributed by atoms with Crippen molar-refractivity contribution in [2.45, 2.75) is 31.7 Å². The number of nitrogens with one attached hydrogen (secondary N) is 1. The van der Waals surface area contributed by atoms with Gasteiger partial charge in [0.05, 0.1) is 6.26 Å². The second kappa shape index (κ2) is 5.10. The van der Waals surface area contributed by atoms with Gasteiger partial charge in [-0.3, -0.25) is 4.79 Å². The lowest BCUT2D eigenvalue weighted by atomic mass is 10.1. The van der Waals surface area contributed by atoms with E-state index >= 15 is 0 Å². The molecule has 116 valence electrons. The molecule has 2 heterocycles. The maximum absolute atomic E-state index is 12.2. The van der Waals surface area contributed by atoms with Gasteiger partial charge in [0, 0.05) is 31.1 Å². The van der Waals surface area contributed by atoms with Gasteiger partial charge in [0.1, 0.15) is 5.76 Å². The summed E-state index contributed by atoms with van der Waals surface area (Å²) in [6, 6.07) is 1.48. The van der Waals surface area contributed by atoms with E-state index in [9.17, 15) is 13.2 Å². The van der Waals surface area contributed by atoms with Gasteiger partial charge in [-0.25, -0.2) is 8.42 Å². The fourth-order valence-electron chi connectivity index (χ4n) is 2.58. The van der Waals surface area contributed by atoms with Crippen LogP contribution in [0.15, 0.2) is 10.6 Å². The minimum absolute atomic E-state index is 0.0680. The largest absolute Gasteiger partial charge is 0.360 e. The van der Waals surface area contributed by atoms with Crippen LogP contribution in [0.2, 0.25) is 0 Å². The number of aromatic nitrogens is 1. The molecule has 21 heavy (non-hydrogen) atoms. The average molecular weight is 313 g/mol. The van der Waals surface area contributed by atoms with Crippen LogP contribution < -0.4 is 5.32 Å². The molecule has 3 rings (SSSR count). The minimum atomic E-state index is -3.22. The van der Waals surface area contributed by atoms with Crippen molar-refractivity contribution in [2.75, 3.05) is 19.3 Å². The predicted molar refractivity (Wildman–Crippen MR) is 75.3 cm³/mol. The Hall–Kier alpha value is -1.41. The Morgan fingerprint density at radius 3 is 2.71 bits per heavy atom. The Morgan fingerprint density at radius 1 is 1.43 bits per heavy atom. The number of amides is 1. The highest BCUT2D eigenvalue weighted by Crippen LogP contribution is 2.40. The van der Waals surface area contributed by atoms with Crippen LogP contribution >= 0.6 is 0 Å². The number of hydrogen-bond donors (Lipinski definition) is 1. The number of nitrogens with zero attached hydrogens (tertiary/aromatic N) is 2. The number of rotatable bonds is 4. The van der Waals surface area contributed by atoms with Crippen LogP contribution in [0.25, 0.3) is 0 Å². The topological polar surface area (TPSA) is 92.5 Å². The summed E-state index contributed by atoms with van der Waals surface area (Å²) in [5.74, 6) is 0.930. The summed E-state index contributed by atoms with van der Waals surface area (Å²) >= 11 is 0. The first kappa shape index (κ1) is 14.5. The first-order valence-electron chi connectivity index (χ1n) is 7.07. The van der Waals surface area contributed by atoms with E-state index in [1.54, 1.807) is 6.07 Å². The van der Waals surface area contributed by atoms with Crippen molar-refractivity contribution in [1.29, 1.82) is 0 Å². The van der Waals surface area contributed by atoms with Crippen LogP contribution in [0.4, 0.5) is 0 Å². The summed E-state index contributed by atoms with van der Waals surface area (Å²) in [6.45, 7) is 2.66. The van der Waals surface area contributed by atoms with E-state index in [0.717, 1.165) is 18.6 Å². The number of hydrogen-bond acceptors (Lipinski definition) is 5. The average Bonchev–Trinajstić information content (AvgIpc) is 3.00. The molecule has 0 unspecified atom stereocenters. The van der Waals surface area contributed by atoms with Crippen LogP contribution in [-0.2, 0) is 10.0 Å². The Kier molecular flexibility index (Phi) is 3.53. The standard InChI is InChI=1S/C13H19N3O4S/c1-8-6-16(21(2,18)19)7-11(8)14-13(17)10-5-12(20-15-10)9-3-4-9/h5,8-9,11H,3-4,6-7H2,1-2H3,(H,14,17)/t8-,11+/m0/s1. The second-order valence-electron chi connectivity index (χ2n) is 6.03. The lowest BCUT2D eigenvalue weighted by Crippen LogP contribution is -2.40. The zero-order chi connectivity index (χ0) is 15.2. The molecular formula is C13H19N3O4S. The Morgan fingerprint density at radius 2 is 2.14 bits per heavy atom. The Bertz CT molecular complexity index is 650. The van der Waals surface area contributed by atoms with E-state index in [-0.39, 0.29) is 23.6 Å². The van der Waals surface area contributed by atoms with Crippen molar-refractivity contribution in [3.8, 4) is 0 Å². The van der Waals surface area contributed by atoms with Gasteiger partial charge in [0.2, 0.25) is 10.0 Å². The van der Waals surface area contributed by atoms with E-state index in [2.05, 4.69) is 10.5 Å². The summed E-state index contributed by atoms with van der Waals surface area (Å²) in [7, 11) is -3.22. The first-order valence-corrected chi connectivity index (χ1v) is 8.92. The maximum atomic E-state index is 12.2. The molecule has 0 bridgehead atoms. The van der Waals surface area contributed by atoms with Crippen molar-refractivity contribution in [3.05, 3.63) is 17.5 Å². The molecule has 1 saturated heterocycles. The Balaban J connectivity index is 1.64. The molecular weight excluding hydrogens is 294 g/mol. The van der Waals surface area contributed by atoms with Crippen LogP contribution in [0.5, 0.6) is 0 Å². The maximum Gasteiger partial charge on any atom is 0.273 e. The van der Waals surface area contributed by atoms with Crippen molar-refractivity contribution >= 4 is 15.9 Å². The summed E-state index contributed by atoms with van der Waals surface area (Å²) in [5.41, 5.74) is 0.266. The van der Waals surface area contributed by atoms with E-state index in [0.29, 0.717) is 19.0 Å². The summed E-state index contributed by atoms with van der Waals surface area (Å²) in [6.07, 6.45) is 3.35. The molecule has 1 N–H and O–H groups in total. The van der Waals surface area contributed by atoms with Crippen LogP contribution in [0.1, 0.15) is 41.9 Å². The van der Waals surface area contributed by atoms with Gasteiger partial charge in [-0.2, -0.15) is 4.31 Å². The van der Waals surface area contributed by atoms with Gasteiger partial charge < -0.3 is 9.84 Å². The van der Waals surface area contributed by atoms with E-state index in [4.69, 9.17) is 4.52 Å². The van der Waals surface area contributed by atoms with Crippen molar-refractivity contribution in [1.82, 2.24) is 14.8 Å². The second-order valence-corrected chi connectivity index (χ2v) is 8.01. The molecule has 1 aliphatic carbocycles. The van der Waals surface area contributed by atoms with Gasteiger partial charge in [0.15, 0.2) is 5.69 Å². The molecule has 2 fully saturated rings. The molecule has 0 radical (unpaired) electrons. The highest BCUT2D eigenvalue weighted by Gasteiger charge is 2.36. The molecule has 1 aliphatic heterocycles. The molecule has 8 heteroatoms. The third-order valence-corrected chi connectivity index (χ3v) is 5.34. The summed E-state index contributed by atoms with van der Waals surface area (Å²) < 4.78 is 29.7. The molecule has 2 aliphatic rings. The molecule has 1 aromatic rings. The third-order valence-electron chi connectivity index (χ3n) is 4.11. The van der Waals surface area contributed by atoms with Crippen molar-refractivity contribution in [2.24, 2.45) is 5.92 Å². The number of carbonyl (C=O) groups excluding carboxylic acids is 1. The van der Waals surface area contributed by atoms with Crippen LogP contribution in [0, 0.1) is 5.92 Å². The van der Waals surface area contributed by atoms with Crippen molar-refractivity contribution < 1.29 is 17.7 Å². The third kappa shape index (κ3) is 3.11. The fraction of sp³-hybridized carbons (Fsp3) is 0.692. The monoisotopic (exact) mass is 313 g/mol. The normalized spacial score (nSPS) is 27.0. The summed E-state index contributed by atoms with van der Waals surface area (Å²) in [4.78, 5) is 12.2. The van der Waals surface area contributed by atoms with Gasteiger partial charge in [-0.1, -0.05) is 12.1 Å². The van der Waals surface area contributed by atoms with Gasteiger partial charge in [-0.15, -0.1) is 0 Å². The van der Waals surface area contributed by atoms with E-state index < -0.39 is 10.0 Å². The Labute approximate surface area is 123 Å². The van der Waals surface area contributed by atoms with E-state index in [1.807, 2.05) is 6.92 Å². The lowest BCUT2D eigenvalue weighted by molar-refractivity contribution is 0.0923. The van der Waals surface area contributed by atoms with Gasteiger partial charge >= 0.3 is 0 Å². The van der Waals surface area contributed by atoms with Gasteiger partial charge in [0.25, 0.3) is 5.91 Å². The zero-order valence-electron chi connectivity index (χ0n) is 12.1.